The van der Waals surface area contributed by atoms with E-state index >= 15 is 0 Å². The molecule has 0 amide bonds. The van der Waals surface area contributed by atoms with Gasteiger partial charge in [-0.15, -0.1) is 0 Å². The standard InChI is InChI=1S/C12H17NO/c1-4-14-12(13)8-11-6-9(2)5-10(3)7-11/h5-7,13H,4,8H2,1-3H3. The number of ether oxygens (including phenoxy) is 1. The van der Waals surface area contributed by atoms with Gasteiger partial charge < -0.3 is 4.74 Å². The Hall–Kier alpha value is -1.31. The largest absolute Gasteiger partial charge is 0.481 e. The minimum Gasteiger partial charge on any atom is -0.481 e. The van der Waals surface area contributed by atoms with E-state index in [2.05, 4.69) is 32.0 Å². The fourth-order valence-corrected chi connectivity index (χ4v) is 1.58. The second-order valence-electron chi connectivity index (χ2n) is 3.53. The van der Waals surface area contributed by atoms with Crippen molar-refractivity contribution in [1.29, 1.82) is 5.41 Å². The van der Waals surface area contributed by atoms with Crippen molar-refractivity contribution in [2.45, 2.75) is 27.2 Å². The maximum Gasteiger partial charge on any atom is 0.184 e. The highest BCUT2D eigenvalue weighted by Gasteiger charge is 2.01. The highest BCUT2D eigenvalue weighted by atomic mass is 16.5. The van der Waals surface area contributed by atoms with Gasteiger partial charge in [-0.3, -0.25) is 5.41 Å². The van der Waals surface area contributed by atoms with Crippen molar-refractivity contribution in [3.63, 3.8) is 0 Å². The molecule has 14 heavy (non-hydrogen) atoms. The average Bonchev–Trinajstić information content (AvgIpc) is 2.01. The number of hydrogen-bond acceptors (Lipinski definition) is 2. The monoisotopic (exact) mass is 191 g/mol. The lowest BCUT2D eigenvalue weighted by Gasteiger charge is -2.06. The fourth-order valence-electron chi connectivity index (χ4n) is 1.58. The molecule has 0 aromatic heterocycles. The van der Waals surface area contributed by atoms with Crippen molar-refractivity contribution in [1.82, 2.24) is 0 Å². The third-order valence-corrected chi connectivity index (χ3v) is 1.96. The Morgan fingerprint density at radius 3 is 2.29 bits per heavy atom. The summed E-state index contributed by atoms with van der Waals surface area (Å²) < 4.78 is 5.11. The van der Waals surface area contributed by atoms with Crippen LogP contribution in [0.1, 0.15) is 23.6 Å². The molecule has 1 aromatic carbocycles. The summed E-state index contributed by atoms with van der Waals surface area (Å²) in [6.45, 7) is 6.61. The predicted octanol–water partition coefficient (Wildman–Crippen LogP) is 2.86. The molecule has 0 saturated heterocycles. The second kappa shape index (κ2) is 4.80. The van der Waals surface area contributed by atoms with Crippen LogP contribution in [0.4, 0.5) is 0 Å². The lowest BCUT2D eigenvalue weighted by Crippen LogP contribution is -2.06. The first kappa shape index (κ1) is 10.8. The van der Waals surface area contributed by atoms with Crippen LogP contribution in [-0.4, -0.2) is 12.5 Å². The second-order valence-corrected chi connectivity index (χ2v) is 3.53. The first-order valence-corrected chi connectivity index (χ1v) is 4.89. The summed E-state index contributed by atoms with van der Waals surface area (Å²) in [5, 5.41) is 7.54. The maximum absolute atomic E-state index is 7.54. The van der Waals surface area contributed by atoms with Gasteiger partial charge in [0.25, 0.3) is 0 Å². The van der Waals surface area contributed by atoms with E-state index in [1.54, 1.807) is 0 Å². The zero-order valence-corrected chi connectivity index (χ0v) is 9.05. The van der Waals surface area contributed by atoms with Crippen LogP contribution in [-0.2, 0) is 11.2 Å². The molecule has 0 spiro atoms. The van der Waals surface area contributed by atoms with E-state index in [9.17, 15) is 0 Å². The highest BCUT2D eigenvalue weighted by Crippen LogP contribution is 2.09. The molecule has 0 aliphatic carbocycles. The molecule has 0 fully saturated rings. The number of aryl methyl sites for hydroxylation is 2. The number of hydrogen-bond donors (Lipinski definition) is 1. The summed E-state index contributed by atoms with van der Waals surface area (Å²) in [5.74, 6) is 0.345. The summed E-state index contributed by atoms with van der Waals surface area (Å²) in [6.07, 6.45) is 0.594. The molecule has 0 atom stereocenters. The molecule has 0 saturated carbocycles. The van der Waals surface area contributed by atoms with E-state index in [1.807, 2.05) is 6.92 Å². The van der Waals surface area contributed by atoms with Crippen LogP contribution in [0.5, 0.6) is 0 Å². The lowest BCUT2D eigenvalue weighted by atomic mass is 10.1. The Kier molecular flexibility index (Phi) is 3.69. The van der Waals surface area contributed by atoms with Gasteiger partial charge in [-0.25, -0.2) is 0 Å². The van der Waals surface area contributed by atoms with E-state index in [-0.39, 0.29) is 0 Å². The molecule has 1 N–H and O–H groups in total. The van der Waals surface area contributed by atoms with E-state index in [4.69, 9.17) is 10.1 Å². The van der Waals surface area contributed by atoms with Crippen LogP contribution in [0.2, 0.25) is 0 Å². The van der Waals surface area contributed by atoms with Crippen molar-refractivity contribution in [3.05, 3.63) is 34.9 Å². The third-order valence-electron chi connectivity index (χ3n) is 1.96. The van der Waals surface area contributed by atoms with Crippen molar-refractivity contribution in [2.24, 2.45) is 0 Å². The van der Waals surface area contributed by atoms with Crippen LogP contribution in [0.15, 0.2) is 18.2 Å². The van der Waals surface area contributed by atoms with Crippen molar-refractivity contribution < 1.29 is 4.74 Å². The van der Waals surface area contributed by atoms with Gasteiger partial charge >= 0.3 is 0 Å². The van der Waals surface area contributed by atoms with Gasteiger partial charge in [0.15, 0.2) is 5.90 Å². The molecule has 0 aliphatic rings. The molecule has 2 heteroatoms. The maximum atomic E-state index is 7.54. The molecule has 1 rings (SSSR count). The van der Waals surface area contributed by atoms with E-state index in [0.717, 1.165) is 5.56 Å². The number of rotatable bonds is 3. The average molecular weight is 191 g/mol. The summed E-state index contributed by atoms with van der Waals surface area (Å²) in [7, 11) is 0. The first-order valence-electron chi connectivity index (χ1n) is 4.89. The minimum atomic E-state index is 0.345. The Morgan fingerprint density at radius 2 is 1.79 bits per heavy atom. The third kappa shape index (κ3) is 3.21. The molecule has 0 bridgehead atoms. The topological polar surface area (TPSA) is 33.1 Å². The molecule has 0 radical (unpaired) electrons. The van der Waals surface area contributed by atoms with Crippen LogP contribution in [0.3, 0.4) is 0 Å². The Morgan fingerprint density at radius 1 is 1.21 bits per heavy atom. The molecule has 0 unspecified atom stereocenters. The molecule has 1 aromatic rings. The Balaban J connectivity index is 2.71. The zero-order valence-electron chi connectivity index (χ0n) is 9.05. The molecule has 0 aliphatic heterocycles. The van der Waals surface area contributed by atoms with Gasteiger partial charge in [0.2, 0.25) is 0 Å². The van der Waals surface area contributed by atoms with Gasteiger partial charge in [-0.2, -0.15) is 0 Å². The Labute approximate surface area is 85.4 Å². The lowest BCUT2D eigenvalue weighted by molar-refractivity contribution is 0.317. The summed E-state index contributed by atoms with van der Waals surface area (Å²) in [5.41, 5.74) is 3.63. The molecule has 76 valence electrons. The molecular formula is C12H17NO. The molecule has 0 heterocycles. The SMILES string of the molecule is CCOC(=N)Cc1cc(C)cc(C)c1. The van der Waals surface area contributed by atoms with Gasteiger partial charge in [0, 0.05) is 6.42 Å². The minimum absolute atomic E-state index is 0.345. The van der Waals surface area contributed by atoms with Crippen LogP contribution >= 0.6 is 0 Å². The quantitative estimate of drug-likeness (QED) is 0.578. The predicted molar refractivity (Wildman–Crippen MR) is 59.0 cm³/mol. The van der Waals surface area contributed by atoms with Gasteiger partial charge in [-0.05, 0) is 26.3 Å². The zero-order chi connectivity index (χ0) is 10.6. The van der Waals surface area contributed by atoms with E-state index in [1.165, 1.54) is 11.1 Å². The van der Waals surface area contributed by atoms with Crippen molar-refractivity contribution in [2.75, 3.05) is 6.61 Å². The van der Waals surface area contributed by atoms with Gasteiger partial charge in [0.05, 0.1) is 6.61 Å². The first-order chi connectivity index (χ1) is 6.61. The van der Waals surface area contributed by atoms with Crippen LogP contribution < -0.4 is 0 Å². The normalized spacial score (nSPS) is 9.93. The Bertz CT molecular complexity index is 311. The van der Waals surface area contributed by atoms with Crippen LogP contribution in [0.25, 0.3) is 0 Å². The summed E-state index contributed by atoms with van der Waals surface area (Å²) in [6, 6.07) is 6.33. The molecule has 2 nitrogen and oxygen atoms in total. The number of nitrogens with one attached hydrogen (secondary N) is 1. The van der Waals surface area contributed by atoms with Gasteiger partial charge in [0.1, 0.15) is 0 Å². The summed E-state index contributed by atoms with van der Waals surface area (Å²) in [4.78, 5) is 0. The molecular weight excluding hydrogens is 174 g/mol. The highest BCUT2D eigenvalue weighted by molar-refractivity contribution is 5.75. The summed E-state index contributed by atoms with van der Waals surface area (Å²) >= 11 is 0. The van der Waals surface area contributed by atoms with E-state index < -0.39 is 0 Å². The van der Waals surface area contributed by atoms with Crippen molar-refractivity contribution in [3.8, 4) is 0 Å². The number of benzene rings is 1. The van der Waals surface area contributed by atoms with Crippen LogP contribution in [0, 0.1) is 19.3 Å². The van der Waals surface area contributed by atoms with E-state index in [0.29, 0.717) is 18.9 Å². The fraction of sp³-hybridized carbons (Fsp3) is 0.417. The smallest absolute Gasteiger partial charge is 0.184 e. The van der Waals surface area contributed by atoms with Gasteiger partial charge in [-0.1, -0.05) is 29.3 Å². The van der Waals surface area contributed by atoms with Crippen molar-refractivity contribution >= 4 is 5.90 Å².